The molecule has 3 N–H and O–H groups in total. The lowest BCUT2D eigenvalue weighted by molar-refractivity contribution is 0.822. The first-order valence-corrected chi connectivity index (χ1v) is 5.87. The Morgan fingerprint density at radius 2 is 1.83 bits per heavy atom. The Labute approximate surface area is 106 Å². The summed E-state index contributed by atoms with van der Waals surface area (Å²) in [6.07, 6.45) is 0. The first-order chi connectivity index (χ1) is 8.58. The third kappa shape index (κ3) is 2.56. The zero-order valence-electron chi connectivity index (χ0n) is 10.8. The van der Waals surface area contributed by atoms with Crippen LogP contribution in [0.4, 0.5) is 11.6 Å². The van der Waals surface area contributed by atoms with E-state index in [-0.39, 0.29) is 6.04 Å². The summed E-state index contributed by atoms with van der Waals surface area (Å²) in [5.74, 6) is 0.522. The number of nitrogen functional groups attached to an aromatic ring is 1. The molecule has 0 radical (unpaired) electrons. The van der Waals surface area contributed by atoms with E-state index in [0.717, 1.165) is 22.6 Å². The van der Waals surface area contributed by atoms with Gasteiger partial charge >= 0.3 is 0 Å². The van der Waals surface area contributed by atoms with Crippen molar-refractivity contribution in [2.45, 2.75) is 26.8 Å². The largest absolute Gasteiger partial charge is 0.398 e. The topological polar surface area (TPSA) is 76.7 Å². The molecule has 0 aliphatic carbocycles. The highest BCUT2D eigenvalue weighted by atomic mass is 15.2. The minimum Gasteiger partial charge on any atom is -0.398 e. The second-order valence-electron chi connectivity index (χ2n) is 4.30. The van der Waals surface area contributed by atoms with Gasteiger partial charge in [-0.25, -0.2) is 4.98 Å². The zero-order valence-corrected chi connectivity index (χ0v) is 10.8. The van der Waals surface area contributed by atoms with Crippen LogP contribution in [0.15, 0.2) is 24.3 Å². The molecule has 1 heterocycles. The van der Waals surface area contributed by atoms with Gasteiger partial charge < -0.3 is 11.1 Å². The summed E-state index contributed by atoms with van der Waals surface area (Å²) >= 11 is 0. The van der Waals surface area contributed by atoms with Crippen molar-refractivity contribution in [2.75, 3.05) is 11.1 Å². The molecule has 0 aliphatic rings. The van der Waals surface area contributed by atoms with Crippen LogP contribution in [0.5, 0.6) is 0 Å². The summed E-state index contributed by atoms with van der Waals surface area (Å²) in [5.41, 5.74) is 9.43. The lowest BCUT2D eigenvalue weighted by atomic mass is 10.1. The molecule has 0 amide bonds. The molecule has 1 aromatic heterocycles. The Bertz CT molecular complexity index is 553. The summed E-state index contributed by atoms with van der Waals surface area (Å²) in [6.45, 7) is 5.82. The van der Waals surface area contributed by atoms with Gasteiger partial charge in [0.2, 0.25) is 5.95 Å². The van der Waals surface area contributed by atoms with E-state index < -0.39 is 0 Å². The van der Waals surface area contributed by atoms with Crippen LogP contribution in [0.25, 0.3) is 0 Å². The maximum absolute atomic E-state index is 5.93. The lowest BCUT2D eigenvalue weighted by Crippen LogP contribution is -2.12. The van der Waals surface area contributed by atoms with Gasteiger partial charge in [0, 0.05) is 5.69 Å². The normalized spacial score (nSPS) is 12.2. The molecule has 0 saturated heterocycles. The minimum absolute atomic E-state index is 0.0371. The maximum Gasteiger partial charge on any atom is 0.243 e. The molecule has 5 nitrogen and oxygen atoms in total. The van der Waals surface area contributed by atoms with E-state index in [4.69, 9.17) is 5.73 Å². The summed E-state index contributed by atoms with van der Waals surface area (Å²) in [4.78, 5) is 4.34. The number of para-hydroxylation sites is 1. The predicted octanol–water partition coefficient (Wildman–Crippen LogP) is 2.24. The number of benzene rings is 1. The number of nitrogens with two attached hydrogens (primary N) is 1. The second-order valence-corrected chi connectivity index (χ2v) is 4.30. The van der Waals surface area contributed by atoms with E-state index >= 15 is 0 Å². The molecule has 0 aliphatic heterocycles. The lowest BCUT2D eigenvalue weighted by Gasteiger charge is -2.16. The van der Waals surface area contributed by atoms with E-state index in [0.29, 0.717) is 5.95 Å². The van der Waals surface area contributed by atoms with E-state index in [9.17, 15) is 0 Å². The average molecular weight is 243 g/mol. The van der Waals surface area contributed by atoms with Crippen molar-refractivity contribution in [1.29, 1.82) is 0 Å². The van der Waals surface area contributed by atoms with Gasteiger partial charge in [-0.05, 0) is 32.4 Å². The first kappa shape index (κ1) is 12.3. The standard InChI is InChI=1S/C13H17N5/c1-8-9(2)17-18-13(15-8)16-10(3)11-6-4-5-7-12(11)14/h4-7,10H,14H2,1-3H3,(H,15,16,18). The van der Waals surface area contributed by atoms with Crippen LogP contribution in [0, 0.1) is 13.8 Å². The molecule has 0 saturated carbocycles. The first-order valence-electron chi connectivity index (χ1n) is 5.87. The Morgan fingerprint density at radius 3 is 2.50 bits per heavy atom. The summed E-state index contributed by atoms with van der Waals surface area (Å²) in [5, 5.41) is 11.3. The van der Waals surface area contributed by atoms with Crippen molar-refractivity contribution in [1.82, 2.24) is 15.2 Å². The van der Waals surface area contributed by atoms with Crippen LogP contribution < -0.4 is 11.1 Å². The van der Waals surface area contributed by atoms with Crippen molar-refractivity contribution < 1.29 is 0 Å². The number of hydrogen-bond donors (Lipinski definition) is 2. The summed E-state index contributed by atoms with van der Waals surface area (Å²) in [6, 6.07) is 7.78. The van der Waals surface area contributed by atoms with Gasteiger partial charge in [-0.15, -0.1) is 5.10 Å². The Balaban J connectivity index is 2.19. The van der Waals surface area contributed by atoms with Crippen molar-refractivity contribution in [2.24, 2.45) is 0 Å². The minimum atomic E-state index is 0.0371. The van der Waals surface area contributed by atoms with E-state index in [2.05, 4.69) is 20.5 Å². The quantitative estimate of drug-likeness (QED) is 0.808. The molecular formula is C13H17N5. The molecule has 5 heteroatoms. The Kier molecular flexibility index (Phi) is 3.41. The van der Waals surface area contributed by atoms with Gasteiger partial charge in [0.25, 0.3) is 0 Å². The van der Waals surface area contributed by atoms with Crippen LogP contribution in [0.2, 0.25) is 0 Å². The molecule has 0 spiro atoms. The van der Waals surface area contributed by atoms with Crippen LogP contribution in [-0.2, 0) is 0 Å². The van der Waals surface area contributed by atoms with Crippen molar-refractivity contribution in [3.63, 3.8) is 0 Å². The van der Waals surface area contributed by atoms with Crippen molar-refractivity contribution in [3.05, 3.63) is 41.2 Å². The fraction of sp³-hybridized carbons (Fsp3) is 0.308. The SMILES string of the molecule is Cc1nnc(NC(C)c2ccccc2N)nc1C. The van der Waals surface area contributed by atoms with Crippen LogP contribution >= 0.6 is 0 Å². The Morgan fingerprint density at radius 1 is 1.11 bits per heavy atom. The summed E-state index contributed by atoms with van der Waals surface area (Å²) < 4.78 is 0. The van der Waals surface area contributed by atoms with Crippen LogP contribution in [-0.4, -0.2) is 15.2 Å². The number of nitrogens with one attached hydrogen (secondary N) is 1. The zero-order chi connectivity index (χ0) is 13.1. The average Bonchev–Trinajstić information content (AvgIpc) is 2.34. The van der Waals surface area contributed by atoms with Gasteiger partial charge in [0.15, 0.2) is 0 Å². The molecule has 94 valence electrons. The highest BCUT2D eigenvalue weighted by Crippen LogP contribution is 2.22. The number of nitrogens with zero attached hydrogens (tertiary/aromatic N) is 3. The molecule has 2 aromatic rings. The molecule has 2 rings (SSSR count). The maximum atomic E-state index is 5.93. The van der Waals surface area contributed by atoms with Gasteiger partial charge in [0.05, 0.1) is 17.4 Å². The van der Waals surface area contributed by atoms with E-state index in [1.54, 1.807) is 0 Å². The highest BCUT2D eigenvalue weighted by molar-refractivity contribution is 5.50. The molecule has 1 atom stereocenters. The monoisotopic (exact) mass is 243 g/mol. The molecular weight excluding hydrogens is 226 g/mol. The third-order valence-corrected chi connectivity index (χ3v) is 2.90. The number of rotatable bonds is 3. The second kappa shape index (κ2) is 5.00. The van der Waals surface area contributed by atoms with E-state index in [1.807, 2.05) is 45.0 Å². The van der Waals surface area contributed by atoms with Crippen molar-refractivity contribution >= 4 is 11.6 Å². The van der Waals surface area contributed by atoms with Gasteiger partial charge in [-0.2, -0.15) is 5.10 Å². The number of anilines is 2. The number of aryl methyl sites for hydroxylation is 2. The van der Waals surface area contributed by atoms with E-state index in [1.165, 1.54) is 0 Å². The fourth-order valence-electron chi connectivity index (χ4n) is 1.69. The van der Waals surface area contributed by atoms with Crippen molar-refractivity contribution in [3.8, 4) is 0 Å². The molecule has 1 aromatic carbocycles. The highest BCUT2D eigenvalue weighted by Gasteiger charge is 2.10. The molecule has 0 bridgehead atoms. The molecule has 0 fully saturated rings. The molecule has 18 heavy (non-hydrogen) atoms. The van der Waals surface area contributed by atoms with Crippen LogP contribution in [0.1, 0.15) is 29.9 Å². The van der Waals surface area contributed by atoms with Gasteiger partial charge in [0.1, 0.15) is 0 Å². The molecule has 1 unspecified atom stereocenters. The third-order valence-electron chi connectivity index (χ3n) is 2.90. The number of aromatic nitrogens is 3. The van der Waals surface area contributed by atoms with Gasteiger partial charge in [-0.3, -0.25) is 0 Å². The fourth-order valence-corrected chi connectivity index (χ4v) is 1.69. The predicted molar refractivity (Wildman–Crippen MR) is 72.2 cm³/mol. The van der Waals surface area contributed by atoms with Crippen LogP contribution in [0.3, 0.4) is 0 Å². The van der Waals surface area contributed by atoms with Gasteiger partial charge in [-0.1, -0.05) is 18.2 Å². The smallest absolute Gasteiger partial charge is 0.243 e. The summed E-state index contributed by atoms with van der Waals surface area (Å²) in [7, 11) is 0. The Hall–Kier alpha value is -2.17. The number of hydrogen-bond acceptors (Lipinski definition) is 5.